The molecule has 0 N–H and O–H groups in total. The molecule has 2 fully saturated rings. The smallest absolute Gasteiger partial charge is 0.0264 e. The van der Waals surface area contributed by atoms with Crippen LogP contribution < -0.4 is 0 Å². The van der Waals surface area contributed by atoms with Crippen LogP contribution in [0.1, 0.15) is 53.4 Å². The van der Waals surface area contributed by atoms with Crippen LogP contribution in [0.15, 0.2) is 0 Å². The molecule has 0 aliphatic heterocycles. The first kappa shape index (κ1) is 9.55. The van der Waals surface area contributed by atoms with E-state index >= 15 is 0 Å². The number of hydrogen-bond donors (Lipinski definition) is 0. The van der Waals surface area contributed by atoms with Crippen molar-refractivity contribution in [3.05, 3.63) is 0 Å². The van der Waals surface area contributed by atoms with Crippen molar-refractivity contribution in [1.29, 1.82) is 0 Å². The predicted molar refractivity (Wildman–Crippen MR) is 57.6 cm³/mol. The summed E-state index contributed by atoms with van der Waals surface area (Å²) in [4.78, 5) is 0. The second kappa shape index (κ2) is 3.00. The van der Waals surface area contributed by atoms with Gasteiger partial charge in [-0.1, -0.05) is 34.1 Å². The van der Waals surface area contributed by atoms with Crippen LogP contribution in [-0.4, -0.2) is 0 Å². The Kier molecular flexibility index (Phi) is 2.20. The highest BCUT2D eigenvalue weighted by atomic mass is 14.6. The van der Waals surface area contributed by atoms with Crippen LogP contribution in [0.2, 0.25) is 0 Å². The molecule has 0 amide bonds. The van der Waals surface area contributed by atoms with E-state index in [1.807, 2.05) is 0 Å². The average Bonchev–Trinajstić information content (AvgIpc) is 2.51. The molecule has 2 saturated carbocycles. The van der Waals surface area contributed by atoms with E-state index in [0.717, 1.165) is 29.1 Å². The SMILES string of the molecule is CCCC12CC(C)C(C1)C(C)C2C. The van der Waals surface area contributed by atoms with Gasteiger partial charge >= 0.3 is 0 Å². The fourth-order valence-corrected chi connectivity index (χ4v) is 4.48. The van der Waals surface area contributed by atoms with E-state index in [9.17, 15) is 0 Å². The zero-order valence-electron chi connectivity index (χ0n) is 9.64. The molecule has 2 bridgehead atoms. The largest absolute Gasteiger partial charge is 0.0654 e. The molecule has 2 aliphatic rings. The standard InChI is InChI=1S/C13H24/c1-5-6-13-7-9(2)12(8-13)10(3)11(13)4/h9-12H,5-8H2,1-4H3. The molecule has 5 atom stereocenters. The summed E-state index contributed by atoms with van der Waals surface area (Å²) in [5.74, 6) is 4.06. The summed E-state index contributed by atoms with van der Waals surface area (Å²) in [5.41, 5.74) is 0.762. The Labute approximate surface area is 83.1 Å². The van der Waals surface area contributed by atoms with Crippen molar-refractivity contribution < 1.29 is 0 Å². The predicted octanol–water partition coefficient (Wildman–Crippen LogP) is 4.10. The van der Waals surface area contributed by atoms with Gasteiger partial charge in [0, 0.05) is 0 Å². The molecule has 0 heteroatoms. The number of hydrogen-bond acceptors (Lipinski definition) is 0. The first-order valence-corrected chi connectivity index (χ1v) is 6.10. The summed E-state index contributed by atoms with van der Waals surface area (Å²) in [7, 11) is 0. The maximum atomic E-state index is 2.51. The summed E-state index contributed by atoms with van der Waals surface area (Å²) >= 11 is 0. The Bertz CT molecular complexity index is 196. The van der Waals surface area contributed by atoms with E-state index in [1.165, 1.54) is 19.3 Å². The summed E-state index contributed by atoms with van der Waals surface area (Å²) in [6, 6.07) is 0. The lowest BCUT2D eigenvalue weighted by atomic mass is 9.67. The van der Waals surface area contributed by atoms with Crippen molar-refractivity contribution in [2.75, 3.05) is 0 Å². The fraction of sp³-hybridized carbons (Fsp3) is 1.00. The molecule has 2 aliphatic carbocycles. The third-order valence-corrected chi connectivity index (χ3v) is 5.28. The molecule has 2 rings (SSSR count). The van der Waals surface area contributed by atoms with Crippen LogP contribution in [-0.2, 0) is 0 Å². The van der Waals surface area contributed by atoms with Gasteiger partial charge in [0.15, 0.2) is 0 Å². The average molecular weight is 180 g/mol. The molecule has 0 heterocycles. The van der Waals surface area contributed by atoms with Crippen LogP contribution in [0, 0.1) is 29.1 Å². The summed E-state index contributed by atoms with van der Waals surface area (Å²) in [5, 5.41) is 0. The van der Waals surface area contributed by atoms with E-state index in [1.54, 1.807) is 6.42 Å². The normalized spacial score (nSPS) is 54.5. The lowest BCUT2D eigenvalue weighted by Crippen LogP contribution is -2.30. The molecule has 13 heavy (non-hydrogen) atoms. The van der Waals surface area contributed by atoms with Crippen LogP contribution >= 0.6 is 0 Å². The Balaban J connectivity index is 2.19. The maximum absolute atomic E-state index is 2.51. The van der Waals surface area contributed by atoms with Crippen molar-refractivity contribution >= 4 is 0 Å². The fourth-order valence-electron chi connectivity index (χ4n) is 4.48. The highest BCUT2D eigenvalue weighted by Gasteiger charge is 2.55. The molecule has 0 saturated heterocycles. The zero-order chi connectivity index (χ0) is 9.64. The number of rotatable bonds is 2. The van der Waals surface area contributed by atoms with Gasteiger partial charge in [0.05, 0.1) is 0 Å². The van der Waals surface area contributed by atoms with Crippen LogP contribution in [0.5, 0.6) is 0 Å². The first-order chi connectivity index (χ1) is 6.10. The Morgan fingerprint density at radius 3 is 2.38 bits per heavy atom. The topological polar surface area (TPSA) is 0 Å². The Hall–Kier alpha value is 0. The maximum Gasteiger partial charge on any atom is -0.0264 e. The minimum absolute atomic E-state index is 0.762. The molecule has 0 nitrogen and oxygen atoms in total. The minimum Gasteiger partial charge on any atom is -0.0654 e. The van der Waals surface area contributed by atoms with Crippen molar-refractivity contribution in [2.45, 2.75) is 53.4 Å². The minimum atomic E-state index is 0.762. The molecular weight excluding hydrogens is 156 g/mol. The van der Waals surface area contributed by atoms with E-state index in [2.05, 4.69) is 27.7 Å². The van der Waals surface area contributed by atoms with Gasteiger partial charge < -0.3 is 0 Å². The van der Waals surface area contributed by atoms with Crippen molar-refractivity contribution in [1.82, 2.24) is 0 Å². The van der Waals surface area contributed by atoms with Gasteiger partial charge in [0.1, 0.15) is 0 Å². The van der Waals surface area contributed by atoms with Gasteiger partial charge in [-0.2, -0.15) is 0 Å². The monoisotopic (exact) mass is 180 g/mol. The van der Waals surface area contributed by atoms with Crippen LogP contribution in [0.3, 0.4) is 0 Å². The second-order valence-electron chi connectivity index (χ2n) is 5.81. The third kappa shape index (κ3) is 1.17. The molecule has 0 aromatic rings. The van der Waals surface area contributed by atoms with Crippen LogP contribution in [0.25, 0.3) is 0 Å². The van der Waals surface area contributed by atoms with Crippen molar-refractivity contribution in [3.8, 4) is 0 Å². The molecule has 0 aromatic heterocycles. The quantitative estimate of drug-likeness (QED) is 0.600. The molecule has 0 aromatic carbocycles. The lowest BCUT2D eigenvalue weighted by Gasteiger charge is -2.38. The van der Waals surface area contributed by atoms with Gasteiger partial charge in [-0.25, -0.2) is 0 Å². The first-order valence-electron chi connectivity index (χ1n) is 6.10. The highest BCUT2D eigenvalue weighted by molar-refractivity contribution is 5.05. The molecule has 0 spiro atoms. The van der Waals surface area contributed by atoms with E-state index in [-0.39, 0.29) is 0 Å². The summed E-state index contributed by atoms with van der Waals surface area (Å²) in [6.07, 6.45) is 5.94. The summed E-state index contributed by atoms with van der Waals surface area (Å²) < 4.78 is 0. The second-order valence-corrected chi connectivity index (χ2v) is 5.81. The third-order valence-electron chi connectivity index (χ3n) is 5.28. The number of fused-ring (bicyclic) bond motifs is 2. The van der Waals surface area contributed by atoms with Gasteiger partial charge in [-0.3, -0.25) is 0 Å². The van der Waals surface area contributed by atoms with Gasteiger partial charge in [0.25, 0.3) is 0 Å². The molecular formula is C13H24. The molecule has 76 valence electrons. The van der Waals surface area contributed by atoms with E-state index in [4.69, 9.17) is 0 Å². The highest BCUT2D eigenvalue weighted by Crippen LogP contribution is 2.64. The van der Waals surface area contributed by atoms with E-state index in [0.29, 0.717) is 0 Å². The van der Waals surface area contributed by atoms with Gasteiger partial charge in [0.2, 0.25) is 0 Å². The Morgan fingerprint density at radius 1 is 1.15 bits per heavy atom. The summed E-state index contributed by atoms with van der Waals surface area (Å²) in [6.45, 7) is 9.82. The Morgan fingerprint density at radius 2 is 1.85 bits per heavy atom. The van der Waals surface area contributed by atoms with Gasteiger partial charge in [-0.05, 0) is 48.3 Å². The van der Waals surface area contributed by atoms with Crippen LogP contribution in [0.4, 0.5) is 0 Å². The van der Waals surface area contributed by atoms with Crippen molar-refractivity contribution in [2.24, 2.45) is 29.1 Å². The molecule has 5 unspecified atom stereocenters. The van der Waals surface area contributed by atoms with Gasteiger partial charge in [-0.15, -0.1) is 0 Å². The van der Waals surface area contributed by atoms with Crippen molar-refractivity contribution in [3.63, 3.8) is 0 Å². The van der Waals surface area contributed by atoms with E-state index < -0.39 is 0 Å². The lowest BCUT2D eigenvalue weighted by molar-refractivity contribution is 0.111. The zero-order valence-corrected chi connectivity index (χ0v) is 9.64. The molecule has 0 radical (unpaired) electrons.